The van der Waals surface area contributed by atoms with E-state index in [1.54, 1.807) is 0 Å². The molecule has 2 aromatic rings. The Morgan fingerprint density at radius 3 is 1.29 bits per heavy atom. The molecule has 0 saturated carbocycles. The average Bonchev–Trinajstić information content (AvgIpc) is 3.28. The van der Waals surface area contributed by atoms with Crippen molar-refractivity contribution in [2.75, 3.05) is 26.7 Å². The molecule has 2 aliphatic rings. The zero-order valence-electron chi connectivity index (χ0n) is 28.5. The first-order valence-corrected chi connectivity index (χ1v) is 19.3. The van der Waals surface area contributed by atoms with E-state index in [1.807, 2.05) is 27.7 Å². The Balaban J connectivity index is 0.000000260. The summed E-state index contributed by atoms with van der Waals surface area (Å²) in [7, 11) is -5.72. The molecule has 48 heavy (non-hydrogen) atoms. The molecule has 0 amide bonds. The fraction of sp³-hybridized carbons (Fsp3) is 0.667. The highest BCUT2D eigenvalue weighted by molar-refractivity contribution is 7.86. The summed E-state index contributed by atoms with van der Waals surface area (Å²) in [4.78, 5) is 58.4. The Kier molecular flexibility index (Phi) is 12.6. The molecule has 0 saturated heterocycles. The van der Waals surface area contributed by atoms with Gasteiger partial charge in [0.05, 0.1) is 26.7 Å². The van der Waals surface area contributed by atoms with E-state index < -0.39 is 66.2 Å². The molecule has 2 aliphatic heterocycles. The third-order valence-corrected chi connectivity index (χ3v) is 9.31. The number of carbonyl (C=O) groups is 2. The minimum Gasteiger partial charge on any atom is -0.464 e. The van der Waals surface area contributed by atoms with Crippen molar-refractivity contribution in [3.63, 3.8) is 0 Å². The highest BCUT2D eigenvalue weighted by atomic mass is 32.2. The van der Waals surface area contributed by atoms with Crippen molar-refractivity contribution in [1.29, 1.82) is 0 Å². The molecule has 0 unspecified atom stereocenters. The van der Waals surface area contributed by atoms with Crippen LogP contribution in [0.2, 0.25) is 0 Å². The number of rotatable bonds is 8. The van der Waals surface area contributed by atoms with E-state index >= 15 is 0 Å². The lowest BCUT2D eigenvalue weighted by Gasteiger charge is -2.21. The summed E-state index contributed by atoms with van der Waals surface area (Å²) < 4.78 is 67.8. The van der Waals surface area contributed by atoms with E-state index in [9.17, 15) is 36.0 Å². The number of carbonyl (C=O) groups excluding carboxylic acids is 2. The first kappa shape index (κ1) is 38.6. The molecule has 2 aromatic heterocycles. The number of hydrogen-bond donors (Lipinski definition) is 0. The van der Waals surface area contributed by atoms with Gasteiger partial charge in [0.15, 0.2) is 11.4 Å². The molecule has 0 radical (unpaired) electrons. The fourth-order valence-corrected chi connectivity index (χ4v) is 6.93. The monoisotopic (exact) mass is 716 g/mol. The molecule has 4 rings (SSSR count). The molecule has 0 N–H and O–H groups in total. The van der Waals surface area contributed by atoms with Crippen LogP contribution in [-0.4, -0.2) is 74.6 Å². The highest BCUT2D eigenvalue weighted by Crippen LogP contribution is 2.34. The maximum atomic E-state index is 12.9. The number of ether oxygens (including phenoxy) is 2. The van der Waals surface area contributed by atoms with Crippen molar-refractivity contribution in [2.24, 2.45) is 0 Å². The van der Waals surface area contributed by atoms with Crippen LogP contribution in [-0.2, 0) is 29.7 Å². The van der Waals surface area contributed by atoms with Crippen LogP contribution in [0.1, 0.15) is 136 Å². The van der Waals surface area contributed by atoms with Gasteiger partial charge in [-0.3, -0.25) is 18.7 Å². The van der Waals surface area contributed by atoms with E-state index in [4.69, 9.17) is 8.37 Å². The van der Waals surface area contributed by atoms with E-state index in [0.717, 1.165) is 78.1 Å². The molecular weight excluding hydrogens is 672 g/mol. The summed E-state index contributed by atoms with van der Waals surface area (Å²) in [6.07, 6.45) is 8.18. The van der Waals surface area contributed by atoms with Gasteiger partial charge in [-0.15, -0.1) is 0 Å². The quantitative estimate of drug-likeness (QED) is 0.284. The maximum absolute atomic E-state index is 12.9. The van der Waals surface area contributed by atoms with Crippen LogP contribution in [0.25, 0.3) is 0 Å². The third kappa shape index (κ3) is 8.80. The summed E-state index contributed by atoms with van der Waals surface area (Å²) in [6.45, 7) is 7.70. The summed E-state index contributed by atoms with van der Waals surface area (Å²) in [5, 5.41) is 0. The molecule has 0 spiro atoms. The summed E-state index contributed by atoms with van der Waals surface area (Å²) in [5.41, 5.74) is -2.13. The maximum Gasteiger partial charge on any atom is 0.360 e. The second-order valence-electron chi connectivity index (χ2n) is 12.0. The minimum atomic E-state index is -4.00. The van der Waals surface area contributed by atoms with E-state index in [-0.39, 0.29) is 23.9 Å². The van der Waals surface area contributed by atoms with Crippen molar-refractivity contribution >= 4 is 32.2 Å². The molecule has 268 valence electrons. The van der Waals surface area contributed by atoms with Gasteiger partial charge in [0.25, 0.3) is 11.1 Å². The van der Waals surface area contributed by atoms with Gasteiger partial charge in [0.1, 0.15) is 11.6 Å². The van der Waals surface area contributed by atoms with Crippen molar-refractivity contribution in [3.8, 4) is 11.5 Å². The van der Waals surface area contributed by atoms with Crippen molar-refractivity contribution in [1.82, 2.24) is 19.1 Å². The molecular formula is C30H44N4O12S2. The second kappa shape index (κ2) is 15.6. The van der Waals surface area contributed by atoms with Crippen LogP contribution in [0, 0.1) is 0 Å². The van der Waals surface area contributed by atoms with Gasteiger partial charge < -0.3 is 17.8 Å². The van der Waals surface area contributed by atoms with Crippen LogP contribution in [0.15, 0.2) is 9.59 Å². The lowest BCUT2D eigenvalue weighted by Crippen LogP contribution is -2.32. The lowest BCUT2D eigenvalue weighted by atomic mass is 9.99. The first-order chi connectivity index (χ1) is 22.4. The molecule has 18 heteroatoms. The van der Waals surface area contributed by atoms with Gasteiger partial charge in [0.2, 0.25) is 11.5 Å². The summed E-state index contributed by atoms with van der Waals surface area (Å²) in [5.74, 6) is -2.02. The number of hydrogen-bond acceptors (Lipinski definition) is 14. The van der Waals surface area contributed by atoms with Crippen LogP contribution in [0.3, 0.4) is 0 Å². The third-order valence-electron chi connectivity index (χ3n) is 8.38. The normalized spacial score (nSPS) is 20.8. The van der Waals surface area contributed by atoms with Crippen LogP contribution in [0.4, 0.5) is 0 Å². The largest absolute Gasteiger partial charge is 0.464 e. The van der Waals surface area contributed by atoms with Gasteiger partial charge in [-0.25, -0.2) is 19.6 Å². The molecule has 0 aromatic carbocycles. The van der Waals surface area contributed by atoms with E-state index in [2.05, 4.69) is 19.4 Å². The Morgan fingerprint density at radius 1 is 0.688 bits per heavy atom. The Bertz CT molecular complexity index is 1730. The Labute approximate surface area is 280 Å². The second-order valence-corrected chi connectivity index (χ2v) is 15.1. The van der Waals surface area contributed by atoms with Gasteiger partial charge in [-0.05, 0) is 52.4 Å². The van der Waals surface area contributed by atoms with Gasteiger partial charge in [-0.1, -0.05) is 26.7 Å². The van der Waals surface area contributed by atoms with E-state index in [1.165, 1.54) is 9.13 Å². The molecule has 0 bridgehead atoms. The Hall–Kier alpha value is -3.80. The summed E-state index contributed by atoms with van der Waals surface area (Å²) >= 11 is 0. The number of fused-ring (bicyclic) bond motifs is 2. The molecule has 4 atom stereocenters. The highest BCUT2D eigenvalue weighted by Gasteiger charge is 2.33. The number of methoxy groups -OCH3 is 2. The minimum absolute atomic E-state index is 0.0124. The van der Waals surface area contributed by atoms with Crippen LogP contribution < -0.4 is 19.5 Å². The Morgan fingerprint density at radius 2 is 1.02 bits per heavy atom. The molecule has 16 nitrogen and oxygen atoms in total. The van der Waals surface area contributed by atoms with Gasteiger partial charge in [-0.2, -0.15) is 16.8 Å². The number of nitrogens with zero attached hydrogens (tertiary/aromatic N) is 4. The molecule has 4 heterocycles. The lowest BCUT2D eigenvalue weighted by molar-refractivity contribution is 0.0581. The van der Waals surface area contributed by atoms with Crippen molar-refractivity contribution in [2.45, 2.75) is 103 Å². The standard InChI is InChI=1S/2C15H22N2O6S/c2*1-5-10-8-6-7-9(2)17-13(10)16-11(15(19)22-3)12(14(17)18)23-24(4,20)21/h2*9-10H,5-8H2,1-4H3/t2*9-,10-/m10/s1. The number of esters is 2. The van der Waals surface area contributed by atoms with Crippen LogP contribution in [0.5, 0.6) is 11.5 Å². The first-order valence-electron chi connectivity index (χ1n) is 15.7. The van der Waals surface area contributed by atoms with E-state index in [0.29, 0.717) is 11.6 Å². The smallest absolute Gasteiger partial charge is 0.360 e. The molecule has 0 aliphatic carbocycles. The van der Waals surface area contributed by atoms with Gasteiger partial charge >= 0.3 is 32.2 Å². The van der Waals surface area contributed by atoms with Crippen molar-refractivity contribution < 1.29 is 44.3 Å². The zero-order chi connectivity index (χ0) is 36.1. The van der Waals surface area contributed by atoms with Crippen molar-refractivity contribution in [3.05, 3.63) is 43.7 Å². The number of aromatic nitrogens is 4. The van der Waals surface area contributed by atoms with Gasteiger partial charge in [0, 0.05) is 23.9 Å². The topological polar surface area (TPSA) is 209 Å². The fourth-order valence-electron chi connectivity index (χ4n) is 6.03. The molecule has 0 fully saturated rings. The SMILES string of the molecule is CC[C@@H]1CCC[C@@H](C)n2c1nc(C(=O)OC)c(OS(C)(=O)=O)c2=O.CC[C@H]1CCC[C@H](C)n2c1nc(C(=O)OC)c(OS(C)(=O)=O)c2=O. The average molecular weight is 717 g/mol. The zero-order valence-corrected chi connectivity index (χ0v) is 30.1. The predicted molar refractivity (Wildman–Crippen MR) is 174 cm³/mol. The van der Waals surface area contributed by atoms with Crippen LogP contribution >= 0.6 is 0 Å². The summed E-state index contributed by atoms with van der Waals surface area (Å²) in [6, 6.07) is -0.324. The predicted octanol–water partition coefficient (Wildman–Crippen LogP) is 3.21.